The van der Waals surface area contributed by atoms with Crippen molar-refractivity contribution in [2.75, 3.05) is 20.2 Å². The van der Waals surface area contributed by atoms with Gasteiger partial charge in [0, 0.05) is 20.2 Å². The Balaban J connectivity index is 1.82. The van der Waals surface area contributed by atoms with E-state index in [0.29, 0.717) is 11.5 Å². The van der Waals surface area contributed by atoms with Crippen LogP contribution in [0.1, 0.15) is 59.3 Å². The van der Waals surface area contributed by atoms with E-state index >= 15 is 0 Å². The molecule has 116 valence electrons. The highest BCUT2D eigenvalue weighted by molar-refractivity contribution is 5.68. The van der Waals surface area contributed by atoms with Crippen molar-refractivity contribution in [3.8, 4) is 0 Å². The fourth-order valence-electron chi connectivity index (χ4n) is 3.43. The van der Waals surface area contributed by atoms with Crippen LogP contribution in [0.3, 0.4) is 0 Å². The smallest absolute Gasteiger partial charge is 0.410 e. The lowest BCUT2D eigenvalue weighted by Gasteiger charge is -2.45. The summed E-state index contributed by atoms with van der Waals surface area (Å²) in [4.78, 5) is 13.9. The first-order valence-electron chi connectivity index (χ1n) is 7.84. The number of carbonyl (C=O) groups excluding carboxylic acids is 1. The minimum absolute atomic E-state index is 0.155. The van der Waals surface area contributed by atoms with Crippen molar-refractivity contribution in [1.82, 2.24) is 4.90 Å². The van der Waals surface area contributed by atoms with Crippen LogP contribution in [0.25, 0.3) is 0 Å². The first-order chi connectivity index (χ1) is 9.34. The third-order valence-corrected chi connectivity index (χ3v) is 4.80. The Morgan fingerprint density at radius 3 is 2.10 bits per heavy atom. The lowest BCUT2D eigenvalue weighted by atomic mass is 9.67. The number of likely N-dealkylation sites (tertiary alicyclic amines) is 1. The molecular weight excluding hydrogens is 254 g/mol. The van der Waals surface area contributed by atoms with Gasteiger partial charge in [-0.2, -0.15) is 0 Å². The highest BCUT2D eigenvalue weighted by atomic mass is 16.6. The fraction of sp³-hybridized carbons (Fsp3) is 0.938. The largest absolute Gasteiger partial charge is 0.444 e. The van der Waals surface area contributed by atoms with Gasteiger partial charge in [-0.1, -0.05) is 0 Å². The van der Waals surface area contributed by atoms with Crippen molar-refractivity contribution >= 4 is 6.09 Å². The number of piperidine rings is 1. The molecule has 0 radical (unpaired) electrons. The molecule has 1 saturated heterocycles. The average molecular weight is 283 g/mol. The standard InChI is InChI=1S/C16H29NO3/c1-15(2,3)20-14(18)17-11-9-16(10-12-17)7-5-13(19-4)6-8-16/h13H,5-12H2,1-4H3. The van der Waals surface area contributed by atoms with Gasteiger partial charge in [0.2, 0.25) is 0 Å². The molecule has 0 aromatic heterocycles. The average Bonchev–Trinajstić information content (AvgIpc) is 2.38. The Hall–Kier alpha value is -0.770. The SMILES string of the molecule is COC1CCC2(CC1)CCN(C(=O)OC(C)(C)C)CC2. The van der Waals surface area contributed by atoms with Crippen molar-refractivity contribution in [1.29, 1.82) is 0 Å². The van der Waals surface area contributed by atoms with Gasteiger partial charge in [-0.3, -0.25) is 0 Å². The van der Waals surface area contributed by atoms with E-state index in [1.54, 1.807) is 0 Å². The molecule has 2 fully saturated rings. The van der Waals surface area contributed by atoms with Crippen molar-refractivity contribution in [3.63, 3.8) is 0 Å². The van der Waals surface area contributed by atoms with E-state index in [2.05, 4.69) is 0 Å². The van der Waals surface area contributed by atoms with Crippen LogP contribution in [0, 0.1) is 5.41 Å². The van der Waals surface area contributed by atoms with E-state index in [9.17, 15) is 4.79 Å². The van der Waals surface area contributed by atoms with Gasteiger partial charge in [0.05, 0.1) is 6.10 Å². The fourth-order valence-corrected chi connectivity index (χ4v) is 3.43. The first-order valence-corrected chi connectivity index (χ1v) is 7.84. The van der Waals surface area contributed by atoms with Crippen LogP contribution in [0.4, 0.5) is 4.79 Å². The molecule has 1 amide bonds. The van der Waals surface area contributed by atoms with E-state index in [4.69, 9.17) is 9.47 Å². The number of methoxy groups -OCH3 is 1. The van der Waals surface area contributed by atoms with Crippen LogP contribution < -0.4 is 0 Å². The predicted molar refractivity (Wildman–Crippen MR) is 78.7 cm³/mol. The summed E-state index contributed by atoms with van der Waals surface area (Å²) in [5, 5.41) is 0. The van der Waals surface area contributed by atoms with Gasteiger partial charge in [-0.15, -0.1) is 0 Å². The van der Waals surface area contributed by atoms with Crippen LogP contribution in [0.2, 0.25) is 0 Å². The minimum Gasteiger partial charge on any atom is -0.444 e. The molecule has 1 heterocycles. The van der Waals surface area contributed by atoms with E-state index in [1.165, 1.54) is 25.7 Å². The predicted octanol–water partition coefficient (Wildman–Crippen LogP) is 3.59. The summed E-state index contributed by atoms with van der Waals surface area (Å²) in [6.07, 6.45) is 7.35. The highest BCUT2D eigenvalue weighted by Crippen LogP contribution is 2.45. The first kappa shape index (κ1) is 15.6. The summed E-state index contributed by atoms with van der Waals surface area (Å²) < 4.78 is 10.9. The zero-order valence-electron chi connectivity index (χ0n) is 13.4. The molecule has 0 aromatic rings. The normalized spacial score (nSPS) is 23.9. The van der Waals surface area contributed by atoms with Gasteiger partial charge >= 0.3 is 6.09 Å². The molecule has 0 aromatic carbocycles. The zero-order chi connectivity index (χ0) is 14.8. The number of hydrogen-bond acceptors (Lipinski definition) is 3. The number of hydrogen-bond donors (Lipinski definition) is 0. The highest BCUT2D eigenvalue weighted by Gasteiger charge is 2.39. The Morgan fingerprint density at radius 1 is 1.10 bits per heavy atom. The summed E-state index contributed by atoms with van der Waals surface area (Å²) in [5.74, 6) is 0. The van der Waals surface area contributed by atoms with Crippen molar-refractivity contribution in [3.05, 3.63) is 0 Å². The Morgan fingerprint density at radius 2 is 1.65 bits per heavy atom. The number of ether oxygens (including phenoxy) is 2. The van der Waals surface area contributed by atoms with E-state index in [0.717, 1.165) is 25.9 Å². The number of amides is 1. The Bertz CT molecular complexity index is 330. The van der Waals surface area contributed by atoms with E-state index in [1.807, 2.05) is 32.8 Å². The molecule has 0 N–H and O–H groups in total. The maximum Gasteiger partial charge on any atom is 0.410 e. The number of carbonyl (C=O) groups is 1. The molecule has 0 unspecified atom stereocenters. The number of rotatable bonds is 1. The molecule has 4 nitrogen and oxygen atoms in total. The van der Waals surface area contributed by atoms with Crippen molar-refractivity contribution < 1.29 is 14.3 Å². The molecule has 0 atom stereocenters. The topological polar surface area (TPSA) is 38.8 Å². The Labute approximate surface area is 122 Å². The molecule has 1 aliphatic heterocycles. The van der Waals surface area contributed by atoms with E-state index in [-0.39, 0.29) is 6.09 Å². The lowest BCUT2D eigenvalue weighted by molar-refractivity contribution is -0.0163. The maximum atomic E-state index is 12.1. The van der Waals surface area contributed by atoms with Crippen LogP contribution in [-0.4, -0.2) is 42.9 Å². The monoisotopic (exact) mass is 283 g/mol. The summed E-state index contributed by atoms with van der Waals surface area (Å²) in [7, 11) is 1.81. The van der Waals surface area contributed by atoms with Gasteiger partial charge in [0.15, 0.2) is 0 Å². The van der Waals surface area contributed by atoms with Crippen LogP contribution in [-0.2, 0) is 9.47 Å². The van der Waals surface area contributed by atoms with Gasteiger partial charge in [0.1, 0.15) is 5.60 Å². The molecule has 1 saturated carbocycles. The van der Waals surface area contributed by atoms with Crippen molar-refractivity contribution in [2.45, 2.75) is 71.0 Å². The van der Waals surface area contributed by atoms with Crippen LogP contribution in [0.15, 0.2) is 0 Å². The third kappa shape index (κ3) is 3.87. The summed E-state index contributed by atoms with van der Waals surface area (Å²) >= 11 is 0. The minimum atomic E-state index is -0.400. The second-order valence-electron chi connectivity index (χ2n) is 7.40. The lowest BCUT2D eigenvalue weighted by Crippen LogP contribution is -2.46. The van der Waals surface area contributed by atoms with Crippen molar-refractivity contribution in [2.24, 2.45) is 5.41 Å². The maximum absolute atomic E-state index is 12.1. The molecular formula is C16H29NO3. The molecule has 1 spiro atoms. The van der Waals surface area contributed by atoms with Gasteiger partial charge in [-0.05, 0) is 64.7 Å². The Kier molecular flexibility index (Phi) is 4.62. The molecule has 0 bridgehead atoms. The second kappa shape index (κ2) is 5.92. The molecule has 20 heavy (non-hydrogen) atoms. The van der Waals surface area contributed by atoms with Crippen LogP contribution >= 0.6 is 0 Å². The van der Waals surface area contributed by atoms with Gasteiger partial charge in [0.25, 0.3) is 0 Å². The summed E-state index contributed by atoms with van der Waals surface area (Å²) in [6.45, 7) is 7.44. The van der Waals surface area contributed by atoms with Gasteiger partial charge in [-0.25, -0.2) is 4.79 Å². The summed E-state index contributed by atoms with van der Waals surface area (Å²) in [6, 6.07) is 0. The molecule has 4 heteroatoms. The number of nitrogens with zero attached hydrogens (tertiary/aromatic N) is 1. The second-order valence-corrected chi connectivity index (χ2v) is 7.40. The molecule has 2 rings (SSSR count). The third-order valence-electron chi connectivity index (χ3n) is 4.80. The molecule has 1 aliphatic carbocycles. The zero-order valence-corrected chi connectivity index (χ0v) is 13.4. The quantitative estimate of drug-likeness (QED) is 0.738. The summed E-state index contributed by atoms with van der Waals surface area (Å²) in [5.41, 5.74) is 0.0519. The van der Waals surface area contributed by atoms with E-state index < -0.39 is 5.60 Å². The van der Waals surface area contributed by atoms with Crippen LogP contribution in [0.5, 0.6) is 0 Å². The molecule has 2 aliphatic rings. The van der Waals surface area contributed by atoms with Gasteiger partial charge < -0.3 is 14.4 Å².